The average molecular weight is 390 g/mol. The molecule has 1 saturated heterocycles. The minimum atomic E-state index is -3.58. The lowest BCUT2D eigenvalue weighted by Crippen LogP contribution is -2.27. The van der Waals surface area contributed by atoms with E-state index in [4.69, 9.17) is 0 Å². The van der Waals surface area contributed by atoms with Crippen molar-refractivity contribution in [1.29, 1.82) is 5.26 Å². The molecule has 0 aliphatic carbocycles. The van der Waals surface area contributed by atoms with E-state index >= 15 is 0 Å². The van der Waals surface area contributed by atoms with Crippen LogP contribution in [0.3, 0.4) is 0 Å². The summed E-state index contributed by atoms with van der Waals surface area (Å²) in [5.74, 6) is -0.103. The van der Waals surface area contributed by atoms with E-state index in [2.05, 4.69) is 10.3 Å². The number of rotatable bonds is 5. The highest BCUT2D eigenvalue weighted by Crippen LogP contribution is 2.30. The third-order valence-electron chi connectivity index (χ3n) is 4.01. The smallest absolute Gasteiger partial charge is 0.243 e. The maximum Gasteiger partial charge on any atom is 0.243 e. The first-order chi connectivity index (χ1) is 12.4. The Labute approximate surface area is 156 Å². The second-order valence-corrected chi connectivity index (χ2v) is 8.69. The first-order valence-corrected chi connectivity index (χ1v) is 10.4. The van der Waals surface area contributed by atoms with Gasteiger partial charge in [0.2, 0.25) is 10.0 Å². The molecule has 0 bridgehead atoms. The number of nitrogens with one attached hydrogen (secondary N) is 1. The summed E-state index contributed by atoms with van der Waals surface area (Å²) in [4.78, 5) is 4.36. The highest BCUT2D eigenvalue weighted by Gasteiger charge is 2.27. The average Bonchev–Trinajstić information content (AvgIpc) is 3.29. The molecule has 1 fully saturated rings. The molecular formula is C17H18N4O3S2. The molecular weight excluding hydrogens is 372 g/mol. The zero-order valence-corrected chi connectivity index (χ0v) is 15.8. The maximum atomic E-state index is 12.7. The minimum absolute atomic E-state index is 0.103. The monoisotopic (exact) mass is 390 g/mol. The van der Waals surface area contributed by atoms with Crippen LogP contribution < -0.4 is 5.32 Å². The number of anilines is 1. The maximum absolute atomic E-state index is 12.7. The van der Waals surface area contributed by atoms with Gasteiger partial charge in [-0.15, -0.1) is 11.3 Å². The number of sulfonamides is 1. The number of hydrogen-bond donors (Lipinski definition) is 2. The Hall–Kier alpha value is -2.41. The van der Waals surface area contributed by atoms with Crippen LogP contribution in [0.2, 0.25) is 0 Å². The predicted molar refractivity (Wildman–Crippen MR) is 100 cm³/mol. The molecule has 0 saturated carbocycles. The predicted octanol–water partition coefficient (Wildman–Crippen LogP) is 2.92. The van der Waals surface area contributed by atoms with E-state index in [1.54, 1.807) is 0 Å². The van der Waals surface area contributed by atoms with E-state index < -0.39 is 10.0 Å². The SMILES string of the molecule is Cc1csc(/C(C#N)=C/Nc2cc(S(=O)(=O)N3CCCC3)ccc2O)n1. The van der Waals surface area contributed by atoms with Crippen molar-refractivity contribution in [2.75, 3.05) is 18.4 Å². The molecule has 2 aromatic rings. The zero-order valence-electron chi connectivity index (χ0n) is 14.1. The number of allylic oxidation sites excluding steroid dienone is 1. The summed E-state index contributed by atoms with van der Waals surface area (Å²) in [5.41, 5.74) is 1.33. The molecule has 3 rings (SSSR count). The molecule has 7 nitrogen and oxygen atoms in total. The second-order valence-electron chi connectivity index (χ2n) is 5.90. The van der Waals surface area contributed by atoms with Gasteiger partial charge in [0.05, 0.1) is 10.6 Å². The minimum Gasteiger partial charge on any atom is -0.506 e. The van der Waals surface area contributed by atoms with Gasteiger partial charge in [0.1, 0.15) is 22.4 Å². The van der Waals surface area contributed by atoms with E-state index in [1.165, 1.54) is 40.0 Å². The quantitative estimate of drug-likeness (QED) is 0.600. The summed E-state index contributed by atoms with van der Waals surface area (Å²) in [6, 6.07) is 6.14. The van der Waals surface area contributed by atoms with Gasteiger partial charge in [0, 0.05) is 30.4 Å². The highest BCUT2D eigenvalue weighted by atomic mass is 32.2. The fourth-order valence-electron chi connectivity index (χ4n) is 2.64. The number of aromatic nitrogens is 1. The van der Waals surface area contributed by atoms with Gasteiger partial charge in [-0.25, -0.2) is 13.4 Å². The lowest BCUT2D eigenvalue weighted by atomic mass is 10.3. The first kappa shape index (κ1) is 18.4. The standard InChI is InChI=1S/C17H18N4O3S2/c1-12-11-25-17(20-12)13(9-18)10-19-15-8-14(4-5-16(15)22)26(23,24)21-6-2-3-7-21/h4-5,8,10-11,19,22H,2-3,6-7H2,1H3/b13-10+. The van der Waals surface area contributed by atoms with Crippen molar-refractivity contribution >= 4 is 32.6 Å². The van der Waals surface area contributed by atoms with E-state index in [1.807, 2.05) is 18.4 Å². The molecule has 1 aliphatic heterocycles. The van der Waals surface area contributed by atoms with Crippen molar-refractivity contribution in [3.63, 3.8) is 0 Å². The number of aromatic hydroxyl groups is 1. The van der Waals surface area contributed by atoms with E-state index in [9.17, 15) is 18.8 Å². The summed E-state index contributed by atoms with van der Waals surface area (Å²) >= 11 is 1.34. The highest BCUT2D eigenvalue weighted by molar-refractivity contribution is 7.89. The molecule has 2 heterocycles. The largest absolute Gasteiger partial charge is 0.506 e. The summed E-state index contributed by atoms with van der Waals surface area (Å²) in [6.07, 6.45) is 3.12. The molecule has 1 aromatic heterocycles. The molecule has 0 atom stereocenters. The number of nitrogens with zero attached hydrogens (tertiary/aromatic N) is 3. The van der Waals surface area contributed by atoms with Gasteiger partial charge in [-0.3, -0.25) is 0 Å². The molecule has 1 aliphatic rings. The van der Waals surface area contributed by atoms with E-state index in [0.29, 0.717) is 23.7 Å². The third-order valence-corrected chi connectivity index (χ3v) is 6.90. The number of thiazole rings is 1. The van der Waals surface area contributed by atoms with Crippen LogP contribution in [0.15, 0.2) is 34.7 Å². The van der Waals surface area contributed by atoms with Crippen molar-refractivity contribution in [3.05, 3.63) is 40.5 Å². The van der Waals surface area contributed by atoms with Crippen LogP contribution in [0, 0.1) is 18.3 Å². The van der Waals surface area contributed by atoms with Crippen molar-refractivity contribution in [3.8, 4) is 11.8 Å². The van der Waals surface area contributed by atoms with Crippen LogP contribution in [0.5, 0.6) is 5.75 Å². The van der Waals surface area contributed by atoms with E-state index in [0.717, 1.165) is 18.5 Å². The van der Waals surface area contributed by atoms with Crippen LogP contribution in [-0.2, 0) is 10.0 Å². The summed E-state index contributed by atoms with van der Waals surface area (Å²) in [7, 11) is -3.58. The molecule has 1 aromatic carbocycles. The van der Waals surface area contributed by atoms with Gasteiger partial charge in [-0.2, -0.15) is 9.57 Å². The lowest BCUT2D eigenvalue weighted by Gasteiger charge is -2.16. The number of nitriles is 1. The van der Waals surface area contributed by atoms with Crippen molar-refractivity contribution < 1.29 is 13.5 Å². The second kappa shape index (κ2) is 7.45. The Bertz CT molecular complexity index is 984. The van der Waals surface area contributed by atoms with Crippen LogP contribution in [-0.4, -0.2) is 35.9 Å². The Kier molecular flexibility index (Phi) is 5.27. The van der Waals surface area contributed by atoms with Crippen molar-refractivity contribution in [2.24, 2.45) is 0 Å². The Morgan fingerprint density at radius 2 is 2.15 bits per heavy atom. The molecule has 2 N–H and O–H groups in total. The number of benzene rings is 1. The molecule has 0 spiro atoms. The van der Waals surface area contributed by atoms with Gasteiger partial charge in [-0.05, 0) is 38.0 Å². The third kappa shape index (κ3) is 3.72. The fourth-order valence-corrected chi connectivity index (χ4v) is 4.95. The molecule has 0 radical (unpaired) electrons. The van der Waals surface area contributed by atoms with Crippen LogP contribution >= 0.6 is 11.3 Å². The summed E-state index contributed by atoms with van der Waals surface area (Å²) < 4.78 is 26.8. The van der Waals surface area contributed by atoms with Gasteiger partial charge >= 0.3 is 0 Å². The number of phenols is 1. The van der Waals surface area contributed by atoms with Gasteiger partial charge in [0.15, 0.2) is 0 Å². The normalized spacial score (nSPS) is 15.8. The number of phenolic OH excluding ortho intramolecular Hbond substituents is 1. The summed E-state index contributed by atoms with van der Waals surface area (Å²) in [6.45, 7) is 2.85. The van der Waals surface area contributed by atoms with E-state index in [-0.39, 0.29) is 16.3 Å². The molecule has 0 amide bonds. The molecule has 0 unspecified atom stereocenters. The topological polar surface area (TPSA) is 106 Å². The van der Waals surface area contributed by atoms with Crippen LogP contribution in [0.25, 0.3) is 5.57 Å². The Morgan fingerprint density at radius 3 is 2.77 bits per heavy atom. The van der Waals surface area contributed by atoms with Crippen LogP contribution in [0.1, 0.15) is 23.5 Å². The lowest BCUT2D eigenvalue weighted by molar-refractivity contribution is 0.473. The molecule has 9 heteroatoms. The summed E-state index contributed by atoms with van der Waals surface area (Å²) in [5, 5.41) is 24.5. The van der Waals surface area contributed by atoms with Crippen LogP contribution in [0.4, 0.5) is 5.69 Å². The van der Waals surface area contributed by atoms with Gasteiger partial charge in [0.25, 0.3) is 0 Å². The number of hydrogen-bond acceptors (Lipinski definition) is 7. The fraction of sp³-hybridized carbons (Fsp3) is 0.294. The number of aryl methyl sites for hydroxylation is 1. The van der Waals surface area contributed by atoms with Crippen molar-refractivity contribution in [1.82, 2.24) is 9.29 Å². The first-order valence-electron chi connectivity index (χ1n) is 8.04. The Balaban J connectivity index is 1.88. The zero-order chi connectivity index (χ0) is 18.7. The van der Waals surface area contributed by atoms with Gasteiger partial charge < -0.3 is 10.4 Å². The molecule has 136 valence electrons. The van der Waals surface area contributed by atoms with Gasteiger partial charge in [-0.1, -0.05) is 0 Å². The molecule has 26 heavy (non-hydrogen) atoms. The Morgan fingerprint density at radius 1 is 1.42 bits per heavy atom. The van der Waals surface area contributed by atoms with Crippen molar-refractivity contribution in [2.45, 2.75) is 24.7 Å².